The molecule has 0 aliphatic carbocycles. The first kappa shape index (κ1) is 15.3. The maximum absolute atomic E-state index is 12.7. The zero-order chi connectivity index (χ0) is 14.8. The molecule has 1 saturated heterocycles. The van der Waals surface area contributed by atoms with Gasteiger partial charge in [-0.3, -0.25) is 0 Å². The van der Waals surface area contributed by atoms with Crippen LogP contribution in [0, 0.1) is 5.41 Å². The van der Waals surface area contributed by atoms with Crippen LogP contribution in [0.15, 0.2) is 24.3 Å². The van der Waals surface area contributed by atoms with Crippen molar-refractivity contribution in [3.63, 3.8) is 0 Å². The van der Waals surface area contributed by atoms with E-state index in [-0.39, 0.29) is 18.1 Å². The monoisotopic (exact) mass is 289 g/mol. The van der Waals surface area contributed by atoms with Gasteiger partial charge in [0.1, 0.15) is 0 Å². The van der Waals surface area contributed by atoms with Gasteiger partial charge in [0.2, 0.25) is 0 Å². The van der Waals surface area contributed by atoms with Crippen LogP contribution in [-0.4, -0.2) is 31.5 Å². The van der Waals surface area contributed by atoms with Crippen molar-refractivity contribution in [2.24, 2.45) is 5.41 Å². The molecule has 1 aliphatic rings. The highest BCUT2D eigenvalue weighted by atomic mass is 19.4. The normalized spacial score (nSPS) is 19.4. The quantitative estimate of drug-likeness (QED) is 0.874. The molecule has 2 rings (SSSR count). The van der Waals surface area contributed by atoms with Crippen LogP contribution in [0.4, 0.5) is 13.2 Å². The second-order valence-corrected chi connectivity index (χ2v) is 5.38. The highest BCUT2D eigenvalue weighted by Gasteiger charge is 2.38. The van der Waals surface area contributed by atoms with Crippen LogP contribution in [0.25, 0.3) is 0 Å². The van der Waals surface area contributed by atoms with Gasteiger partial charge in [-0.1, -0.05) is 12.1 Å². The summed E-state index contributed by atoms with van der Waals surface area (Å²) in [6, 6.07) is 5.06. The number of aliphatic hydroxyl groups is 1. The first-order valence-electron chi connectivity index (χ1n) is 6.45. The molecule has 1 aliphatic heterocycles. The molecule has 1 atom stereocenters. The van der Waals surface area contributed by atoms with E-state index in [1.807, 2.05) is 0 Å². The van der Waals surface area contributed by atoms with E-state index in [9.17, 15) is 18.3 Å². The molecule has 3 nitrogen and oxygen atoms in total. The maximum Gasteiger partial charge on any atom is 0.416 e. The molecule has 1 unspecified atom stereocenters. The number of hydrogen-bond acceptors (Lipinski definition) is 3. The second-order valence-electron chi connectivity index (χ2n) is 5.38. The number of ether oxygens (including phenoxy) is 1. The lowest BCUT2D eigenvalue weighted by Crippen LogP contribution is -2.52. The maximum atomic E-state index is 12.7. The van der Waals surface area contributed by atoms with Crippen LogP contribution in [-0.2, 0) is 10.9 Å². The SMILES string of the molecule is CC(NCC1(CO)COC1)c1cccc(C(F)(F)F)c1. The Kier molecular flexibility index (Phi) is 4.36. The predicted molar refractivity (Wildman–Crippen MR) is 68.2 cm³/mol. The molecule has 0 saturated carbocycles. The summed E-state index contributed by atoms with van der Waals surface area (Å²) in [5, 5.41) is 12.5. The van der Waals surface area contributed by atoms with Gasteiger partial charge in [-0.25, -0.2) is 0 Å². The van der Waals surface area contributed by atoms with Crippen molar-refractivity contribution < 1.29 is 23.0 Å². The molecule has 1 aromatic rings. The van der Waals surface area contributed by atoms with E-state index < -0.39 is 11.7 Å². The Bertz CT molecular complexity index is 452. The summed E-state index contributed by atoms with van der Waals surface area (Å²) < 4.78 is 43.0. The minimum atomic E-state index is -4.33. The van der Waals surface area contributed by atoms with Crippen LogP contribution >= 0.6 is 0 Å². The number of halogens is 3. The van der Waals surface area contributed by atoms with Gasteiger partial charge >= 0.3 is 6.18 Å². The van der Waals surface area contributed by atoms with Crippen molar-refractivity contribution in [1.82, 2.24) is 5.32 Å². The summed E-state index contributed by atoms with van der Waals surface area (Å²) in [4.78, 5) is 0. The second kappa shape index (κ2) is 5.71. The number of rotatable bonds is 5. The number of aliphatic hydroxyl groups excluding tert-OH is 1. The Morgan fingerprint density at radius 1 is 1.40 bits per heavy atom. The number of hydrogen-bond donors (Lipinski definition) is 2. The van der Waals surface area contributed by atoms with Crippen molar-refractivity contribution in [3.8, 4) is 0 Å². The molecule has 0 amide bonds. The van der Waals surface area contributed by atoms with E-state index in [1.165, 1.54) is 6.07 Å². The first-order valence-corrected chi connectivity index (χ1v) is 6.45. The Morgan fingerprint density at radius 2 is 2.10 bits per heavy atom. The summed E-state index contributed by atoms with van der Waals surface area (Å²) >= 11 is 0. The molecule has 0 bridgehead atoms. The zero-order valence-electron chi connectivity index (χ0n) is 11.2. The molecular weight excluding hydrogens is 271 g/mol. The smallest absolute Gasteiger partial charge is 0.396 e. The highest BCUT2D eigenvalue weighted by molar-refractivity contribution is 5.27. The van der Waals surface area contributed by atoms with Gasteiger partial charge < -0.3 is 15.2 Å². The lowest BCUT2D eigenvalue weighted by molar-refractivity contribution is -0.137. The van der Waals surface area contributed by atoms with E-state index >= 15 is 0 Å². The molecule has 2 N–H and O–H groups in total. The minimum Gasteiger partial charge on any atom is -0.396 e. The summed E-state index contributed by atoms with van der Waals surface area (Å²) in [5.74, 6) is 0. The molecule has 112 valence electrons. The Balaban J connectivity index is 2.00. The molecule has 1 fully saturated rings. The van der Waals surface area contributed by atoms with Crippen molar-refractivity contribution in [2.45, 2.75) is 19.1 Å². The number of alkyl halides is 3. The largest absolute Gasteiger partial charge is 0.416 e. The van der Waals surface area contributed by atoms with Crippen LogP contribution < -0.4 is 5.32 Å². The van der Waals surface area contributed by atoms with Gasteiger partial charge in [-0.05, 0) is 24.6 Å². The van der Waals surface area contributed by atoms with Crippen molar-refractivity contribution >= 4 is 0 Å². The lowest BCUT2D eigenvalue weighted by atomic mass is 9.86. The van der Waals surface area contributed by atoms with E-state index in [0.29, 0.717) is 25.3 Å². The molecule has 0 aromatic heterocycles. The van der Waals surface area contributed by atoms with Gasteiger partial charge in [0.05, 0.1) is 30.8 Å². The summed E-state index contributed by atoms with van der Waals surface area (Å²) in [5.41, 5.74) is -0.365. The molecular formula is C14H18F3NO2. The van der Waals surface area contributed by atoms with E-state index in [1.54, 1.807) is 13.0 Å². The van der Waals surface area contributed by atoms with Gasteiger partial charge in [0.15, 0.2) is 0 Å². The molecule has 1 aromatic carbocycles. The molecule has 1 heterocycles. The van der Waals surface area contributed by atoms with Crippen LogP contribution in [0.5, 0.6) is 0 Å². The number of benzene rings is 1. The van der Waals surface area contributed by atoms with Crippen LogP contribution in [0.1, 0.15) is 24.1 Å². The predicted octanol–water partition coefficient (Wildman–Crippen LogP) is 2.36. The van der Waals surface area contributed by atoms with Gasteiger partial charge in [-0.15, -0.1) is 0 Å². The molecule has 6 heteroatoms. The fourth-order valence-electron chi connectivity index (χ4n) is 2.11. The van der Waals surface area contributed by atoms with Gasteiger partial charge in [0, 0.05) is 12.6 Å². The summed E-state index contributed by atoms with van der Waals surface area (Å²) in [6.45, 7) is 3.29. The van der Waals surface area contributed by atoms with Crippen LogP contribution in [0.2, 0.25) is 0 Å². The Morgan fingerprint density at radius 3 is 2.60 bits per heavy atom. The fraction of sp³-hybridized carbons (Fsp3) is 0.571. The van der Waals surface area contributed by atoms with Crippen molar-refractivity contribution in [3.05, 3.63) is 35.4 Å². The van der Waals surface area contributed by atoms with Crippen molar-refractivity contribution in [1.29, 1.82) is 0 Å². The molecule has 20 heavy (non-hydrogen) atoms. The highest BCUT2D eigenvalue weighted by Crippen LogP contribution is 2.31. The zero-order valence-corrected chi connectivity index (χ0v) is 11.2. The average Bonchev–Trinajstić information content (AvgIpc) is 2.37. The van der Waals surface area contributed by atoms with Crippen LogP contribution in [0.3, 0.4) is 0 Å². The van der Waals surface area contributed by atoms with Crippen molar-refractivity contribution in [2.75, 3.05) is 26.4 Å². The third-order valence-corrected chi connectivity index (χ3v) is 3.65. The molecule has 0 spiro atoms. The Hall–Kier alpha value is -1.11. The average molecular weight is 289 g/mol. The lowest BCUT2D eigenvalue weighted by Gasteiger charge is -2.40. The Labute approximate surface area is 115 Å². The molecule has 0 radical (unpaired) electrons. The number of nitrogens with one attached hydrogen (secondary N) is 1. The van der Waals surface area contributed by atoms with Gasteiger partial charge in [0.25, 0.3) is 0 Å². The third-order valence-electron chi connectivity index (χ3n) is 3.65. The van der Waals surface area contributed by atoms with E-state index in [2.05, 4.69) is 5.32 Å². The summed E-state index contributed by atoms with van der Waals surface area (Å²) in [7, 11) is 0. The minimum absolute atomic E-state index is 0.00924. The van der Waals surface area contributed by atoms with E-state index in [0.717, 1.165) is 12.1 Å². The van der Waals surface area contributed by atoms with Gasteiger partial charge in [-0.2, -0.15) is 13.2 Å². The standard InChI is InChI=1S/C14H18F3NO2/c1-10(18-6-13(7-19)8-20-9-13)11-3-2-4-12(5-11)14(15,16)17/h2-5,10,18-19H,6-9H2,1H3. The summed E-state index contributed by atoms with van der Waals surface area (Å²) in [6.07, 6.45) is -4.33. The fourth-order valence-corrected chi connectivity index (χ4v) is 2.11. The third kappa shape index (κ3) is 3.31. The topological polar surface area (TPSA) is 41.5 Å². The first-order chi connectivity index (χ1) is 9.36. The van der Waals surface area contributed by atoms with E-state index in [4.69, 9.17) is 4.74 Å².